The zero-order valence-corrected chi connectivity index (χ0v) is 20.7. The third-order valence-corrected chi connectivity index (χ3v) is 7.43. The number of amides is 1. The Hall–Kier alpha value is -2.43. The number of ether oxygens (including phenoxy) is 1. The molecule has 4 atom stereocenters. The number of anilines is 1. The van der Waals surface area contributed by atoms with Crippen LogP contribution in [0.3, 0.4) is 0 Å². The summed E-state index contributed by atoms with van der Waals surface area (Å²) < 4.78 is 46.5. The molecule has 1 amide bonds. The smallest absolute Gasteiger partial charge is 0.266 e. The first-order valence-corrected chi connectivity index (χ1v) is 12.7. The summed E-state index contributed by atoms with van der Waals surface area (Å²) in [5, 5.41) is 6.70. The van der Waals surface area contributed by atoms with Crippen molar-refractivity contribution in [2.24, 2.45) is 5.92 Å². The summed E-state index contributed by atoms with van der Waals surface area (Å²) >= 11 is 6.17. The van der Waals surface area contributed by atoms with Gasteiger partial charge < -0.3 is 20.3 Å². The average Bonchev–Trinajstić information content (AvgIpc) is 3.25. The second-order valence-electron chi connectivity index (χ2n) is 9.89. The Morgan fingerprint density at radius 1 is 1.22 bits per heavy atom. The molecule has 1 aliphatic carbocycles. The van der Waals surface area contributed by atoms with E-state index in [-0.39, 0.29) is 34.8 Å². The van der Waals surface area contributed by atoms with Gasteiger partial charge in [-0.2, -0.15) is 0 Å². The summed E-state index contributed by atoms with van der Waals surface area (Å²) in [7, 11) is 0. The maximum absolute atomic E-state index is 14.7. The highest BCUT2D eigenvalue weighted by molar-refractivity contribution is 6.28. The van der Waals surface area contributed by atoms with Gasteiger partial charge in [0.2, 0.25) is 11.2 Å². The first-order valence-electron chi connectivity index (χ1n) is 12.3. The van der Waals surface area contributed by atoms with Crippen LogP contribution in [0.15, 0.2) is 18.2 Å². The molecular weight excluding hydrogens is 495 g/mol. The molecule has 0 spiro atoms. The second-order valence-corrected chi connectivity index (χ2v) is 10.2. The van der Waals surface area contributed by atoms with Crippen LogP contribution in [0, 0.1) is 11.7 Å². The lowest BCUT2D eigenvalue weighted by Crippen LogP contribution is -2.63. The molecule has 2 aromatic rings. The number of halogens is 4. The summed E-state index contributed by atoms with van der Waals surface area (Å²) in [6.45, 7) is 4.27. The molecule has 7 nitrogen and oxygen atoms in total. The number of morpholine rings is 1. The molecule has 36 heavy (non-hydrogen) atoms. The lowest BCUT2D eigenvalue weighted by Gasteiger charge is -2.42. The van der Waals surface area contributed by atoms with E-state index in [9.17, 15) is 18.0 Å². The molecule has 1 aromatic heterocycles. The van der Waals surface area contributed by atoms with Gasteiger partial charge in [0.15, 0.2) is 0 Å². The number of hydrogen-bond acceptors (Lipinski definition) is 6. The van der Waals surface area contributed by atoms with Gasteiger partial charge in [0.1, 0.15) is 11.6 Å². The van der Waals surface area contributed by atoms with Crippen LogP contribution in [0.25, 0.3) is 0 Å². The quantitative estimate of drug-likeness (QED) is 0.533. The van der Waals surface area contributed by atoms with Crippen LogP contribution in [0.1, 0.15) is 54.6 Å². The molecule has 3 aliphatic rings. The van der Waals surface area contributed by atoms with Crippen LogP contribution in [0.4, 0.5) is 19.0 Å². The molecule has 2 fully saturated rings. The fourth-order valence-electron chi connectivity index (χ4n) is 5.48. The second kappa shape index (κ2) is 10.5. The largest absolute Gasteiger partial charge is 0.378 e. The summed E-state index contributed by atoms with van der Waals surface area (Å²) in [6, 6.07) is 3.75. The van der Waals surface area contributed by atoms with Gasteiger partial charge in [0.05, 0.1) is 30.5 Å². The van der Waals surface area contributed by atoms with Gasteiger partial charge in [-0.05, 0) is 43.7 Å². The predicted octanol–water partition coefficient (Wildman–Crippen LogP) is 4.07. The van der Waals surface area contributed by atoms with Crippen molar-refractivity contribution in [2.45, 2.75) is 57.2 Å². The monoisotopic (exact) mass is 523 g/mol. The standard InChI is InChI=1S/C25H29ClF3N5O2/c1-13(17-3-2-4-18(22(17)27)23(28)29)30-24-19-7-14(8-20(19)32-25(26)33-24)5-6-21(35)34-9-15-11-36-12-16(10-34)31-15/h2-4,13-16,23,31H,5-12H2,1H3,(H,30,32,33)/t13-,14?,15?,16?/m1/s1. The van der Waals surface area contributed by atoms with E-state index in [2.05, 4.69) is 20.6 Å². The normalized spacial score (nSPS) is 24.1. The average molecular weight is 524 g/mol. The van der Waals surface area contributed by atoms with Crippen molar-refractivity contribution >= 4 is 23.3 Å². The topological polar surface area (TPSA) is 79.4 Å². The fourth-order valence-corrected chi connectivity index (χ4v) is 5.67. The highest BCUT2D eigenvalue weighted by Gasteiger charge is 2.34. The van der Waals surface area contributed by atoms with E-state index >= 15 is 0 Å². The minimum Gasteiger partial charge on any atom is -0.378 e. The van der Waals surface area contributed by atoms with E-state index in [4.69, 9.17) is 16.3 Å². The van der Waals surface area contributed by atoms with Crippen molar-refractivity contribution in [3.63, 3.8) is 0 Å². The number of rotatable bonds is 7. The van der Waals surface area contributed by atoms with Crippen LogP contribution in [-0.2, 0) is 22.4 Å². The summed E-state index contributed by atoms with van der Waals surface area (Å²) in [6.07, 6.45) is -0.403. The van der Waals surface area contributed by atoms with Crippen LogP contribution < -0.4 is 10.6 Å². The van der Waals surface area contributed by atoms with E-state index in [1.165, 1.54) is 12.1 Å². The van der Waals surface area contributed by atoms with E-state index < -0.39 is 23.8 Å². The molecule has 2 bridgehead atoms. The highest BCUT2D eigenvalue weighted by atomic mass is 35.5. The molecule has 1 aromatic carbocycles. The first kappa shape index (κ1) is 25.2. The number of carbonyl (C=O) groups is 1. The van der Waals surface area contributed by atoms with Gasteiger partial charge in [-0.3, -0.25) is 4.79 Å². The minimum atomic E-state index is -2.90. The van der Waals surface area contributed by atoms with Crippen molar-refractivity contribution in [3.05, 3.63) is 51.7 Å². The number of nitrogens with zero attached hydrogens (tertiary/aromatic N) is 3. The van der Waals surface area contributed by atoms with Crippen LogP contribution in [0.2, 0.25) is 5.28 Å². The van der Waals surface area contributed by atoms with Crippen LogP contribution in [-0.4, -0.2) is 59.2 Å². The van der Waals surface area contributed by atoms with E-state index in [0.29, 0.717) is 57.8 Å². The lowest BCUT2D eigenvalue weighted by atomic mass is 9.99. The molecule has 2 aliphatic heterocycles. The Labute approximate surface area is 212 Å². The maximum Gasteiger partial charge on any atom is 0.266 e. The zero-order valence-electron chi connectivity index (χ0n) is 19.9. The molecule has 2 saturated heterocycles. The molecule has 3 unspecified atom stereocenters. The van der Waals surface area contributed by atoms with Crippen molar-refractivity contribution in [1.82, 2.24) is 20.2 Å². The van der Waals surface area contributed by atoms with Crippen molar-refractivity contribution in [2.75, 3.05) is 31.6 Å². The van der Waals surface area contributed by atoms with Crippen LogP contribution in [0.5, 0.6) is 0 Å². The molecule has 194 valence electrons. The van der Waals surface area contributed by atoms with Gasteiger partial charge in [0.25, 0.3) is 6.43 Å². The van der Waals surface area contributed by atoms with E-state index in [1.54, 1.807) is 6.92 Å². The number of piperazine rings is 1. The fraction of sp³-hybridized carbons (Fsp3) is 0.560. The SMILES string of the molecule is C[C@@H](Nc1nc(Cl)nc2c1CC(CCC(=O)N1CC3COCC(C1)N3)C2)c1cccc(C(F)F)c1F. The minimum absolute atomic E-state index is 0.0663. The first-order chi connectivity index (χ1) is 17.3. The molecule has 2 N–H and O–H groups in total. The third-order valence-electron chi connectivity index (χ3n) is 7.26. The van der Waals surface area contributed by atoms with Gasteiger partial charge in [-0.25, -0.2) is 23.1 Å². The number of nitrogens with one attached hydrogen (secondary N) is 2. The highest BCUT2D eigenvalue weighted by Crippen LogP contribution is 2.36. The van der Waals surface area contributed by atoms with Gasteiger partial charge in [-0.1, -0.05) is 18.2 Å². The molecule has 0 radical (unpaired) electrons. The Balaban J connectivity index is 1.23. The van der Waals surface area contributed by atoms with Gasteiger partial charge in [0, 0.05) is 42.7 Å². The Bertz CT molecular complexity index is 1130. The maximum atomic E-state index is 14.7. The van der Waals surface area contributed by atoms with Crippen molar-refractivity contribution in [1.29, 1.82) is 0 Å². The molecule has 5 rings (SSSR count). The summed E-state index contributed by atoms with van der Waals surface area (Å²) in [5.41, 5.74) is 1.18. The van der Waals surface area contributed by atoms with E-state index in [1.807, 2.05) is 4.90 Å². The van der Waals surface area contributed by atoms with E-state index in [0.717, 1.165) is 17.3 Å². The summed E-state index contributed by atoms with van der Waals surface area (Å²) in [5.74, 6) is -0.0977. The van der Waals surface area contributed by atoms with Gasteiger partial charge in [-0.15, -0.1) is 0 Å². The zero-order chi connectivity index (χ0) is 25.4. The molecule has 3 heterocycles. The van der Waals surface area contributed by atoms with Crippen LogP contribution >= 0.6 is 11.6 Å². The molecule has 0 saturated carbocycles. The number of hydrogen-bond donors (Lipinski definition) is 2. The lowest BCUT2D eigenvalue weighted by molar-refractivity contribution is -0.135. The van der Waals surface area contributed by atoms with Crippen molar-refractivity contribution in [3.8, 4) is 0 Å². The Morgan fingerprint density at radius 3 is 2.67 bits per heavy atom. The Morgan fingerprint density at radius 2 is 1.94 bits per heavy atom. The number of alkyl halides is 2. The Kier molecular flexibility index (Phi) is 7.37. The summed E-state index contributed by atoms with van der Waals surface area (Å²) in [4.78, 5) is 23.5. The third kappa shape index (κ3) is 5.31. The predicted molar refractivity (Wildman–Crippen MR) is 129 cm³/mol. The molecular formula is C25H29ClF3N5O2. The van der Waals surface area contributed by atoms with Gasteiger partial charge >= 0.3 is 0 Å². The molecule has 11 heteroatoms. The number of fused-ring (bicyclic) bond motifs is 3. The number of carbonyl (C=O) groups excluding carboxylic acids is 1. The number of benzene rings is 1. The van der Waals surface area contributed by atoms with Crippen molar-refractivity contribution < 1.29 is 22.7 Å². The number of aromatic nitrogens is 2.